The molecule has 1 heterocycles. The van der Waals surface area contributed by atoms with Crippen LogP contribution in [0.3, 0.4) is 0 Å². The Morgan fingerprint density at radius 1 is 1.03 bits per heavy atom. The van der Waals surface area contributed by atoms with E-state index in [2.05, 4.69) is 10.4 Å². The van der Waals surface area contributed by atoms with E-state index in [1.54, 1.807) is 36.2 Å². The molecule has 0 radical (unpaired) electrons. The second-order valence-electron chi connectivity index (χ2n) is 5.99. The lowest BCUT2D eigenvalue weighted by molar-refractivity contribution is -0.123. The molecule has 0 saturated carbocycles. The van der Waals surface area contributed by atoms with E-state index in [1.165, 1.54) is 14.2 Å². The summed E-state index contributed by atoms with van der Waals surface area (Å²) in [7, 11) is 4.55. The molecule has 1 amide bonds. The zero-order valence-corrected chi connectivity index (χ0v) is 16.3. The van der Waals surface area contributed by atoms with Crippen molar-refractivity contribution < 1.29 is 23.8 Å². The average molecular weight is 395 g/mol. The number of para-hydroxylation sites is 1. The maximum Gasteiger partial charge on any atom is 0.342 e. The van der Waals surface area contributed by atoms with Gasteiger partial charge in [-0.1, -0.05) is 18.2 Å². The third-order valence-electron chi connectivity index (χ3n) is 4.23. The highest BCUT2D eigenvalue weighted by Gasteiger charge is 2.22. The van der Waals surface area contributed by atoms with Crippen molar-refractivity contribution in [1.82, 2.24) is 15.1 Å². The summed E-state index contributed by atoms with van der Waals surface area (Å²) in [6.07, 6.45) is 1.58. The zero-order valence-electron chi connectivity index (χ0n) is 16.3. The summed E-state index contributed by atoms with van der Waals surface area (Å²) in [6.45, 7) is -0.378. The smallest absolute Gasteiger partial charge is 0.342 e. The summed E-state index contributed by atoms with van der Waals surface area (Å²) in [5.74, 6) is 0.00783. The van der Waals surface area contributed by atoms with Crippen molar-refractivity contribution in [2.45, 2.75) is 0 Å². The number of hydrogen-bond acceptors (Lipinski definition) is 6. The Balaban J connectivity index is 2.05. The number of carbonyl (C=O) groups excluding carboxylic acids is 2. The van der Waals surface area contributed by atoms with Gasteiger partial charge in [-0.15, -0.1) is 0 Å². The van der Waals surface area contributed by atoms with E-state index in [0.29, 0.717) is 22.8 Å². The van der Waals surface area contributed by atoms with E-state index in [4.69, 9.17) is 14.2 Å². The topological polar surface area (TPSA) is 91.7 Å². The van der Waals surface area contributed by atoms with Crippen molar-refractivity contribution in [3.63, 3.8) is 0 Å². The lowest BCUT2D eigenvalue weighted by atomic mass is 10.1. The van der Waals surface area contributed by atoms with Crippen LogP contribution in [-0.2, 0) is 9.53 Å². The molecule has 0 saturated heterocycles. The summed E-state index contributed by atoms with van der Waals surface area (Å²) in [6, 6.07) is 14.6. The first-order valence-corrected chi connectivity index (χ1v) is 8.82. The van der Waals surface area contributed by atoms with Crippen LogP contribution in [-0.4, -0.2) is 49.5 Å². The number of nitrogens with one attached hydrogen (secondary N) is 1. The molecule has 1 aromatic heterocycles. The van der Waals surface area contributed by atoms with Gasteiger partial charge in [0, 0.05) is 18.8 Å². The molecule has 3 aromatic rings. The van der Waals surface area contributed by atoms with Gasteiger partial charge in [0.25, 0.3) is 5.91 Å². The number of hydrogen-bond donors (Lipinski definition) is 1. The molecule has 0 aliphatic carbocycles. The average Bonchev–Trinajstić information content (AvgIpc) is 3.22. The highest BCUT2D eigenvalue weighted by atomic mass is 16.5. The Bertz CT molecular complexity index is 1010. The Morgan fingerprint density at radius 2 is 1.76 bits per heavy atom. The number of methoxy groups -OCH3 is 2. The fourth-order valence-electron chi connectivity index (χ4n) is 2.71. The first-order valence-electron chi connectivity index (χ1n) is 8.82. The van der Waals surface area contributed by atoms with E-state index in [-0.39, 0.29) is 12.2 Å². The monoisotopic (exact) mass is 395 g/mol. The number of benzene rings is 2. The third-order valence-corrected chi connectivity index (χ3v) is 4.23. The fourth-order valence-corrected chi connectivity index (χ4v) is 2.71. The molecular weight excluding hydrogens is 374 g/mol. The number of likely N-dealkylation sites (N-methyl/N-ethyl adjacent to an activating group) is 1. The lowest BCUT2D eigenvalue weighted by Gasteiger charge is -2.09. The van der Waals surface area contributed by atoms with Crippen LogP contribution < -0.4 is 14.8 Å². The number of rotatable bonds is 7. The van der Waals surface area contributed by atoms with Crippen LogP contribution in [0, 0.1) is 0 Å². The van der Waals surface area contributed by atoms with Crippen molar-refractivity contribution in [3.05, 3.63) is 60.3 Å². The molecule has 8 heteroatoms. The Labute approximate surface area is 168 Å². The summed E-state index contributed by atoms with van der Waals surface area (Å²) < 4.78 is 17.3. The lowest BCUT2D eigenvalue weighted by Crippen LogP contribution is -2.25. The molecule has 8 nitrogen and oxygen atoms in total. The molecular formula is C21H21N3O5. The predicted octanol–water partition coefficient (Wildman–Crippen LogP) is 2.46. The molecule has 0 bridgehead atoms. The summed E-state index contributed by atoms with van der Waals surface area (Å²) in [5, 5.41) is 6.98. The minimum atomic E-state index is -0.652. The highest BCUT2D eigenvalue weighted by molar-refractivity contribution is 5.97. The number of nitrogens with zero attached hydrogens (tertiary/aromatic N) is 2. The maximum absolute atomic E-state index is 12.7. The van der Waals surface area contributed by atoms with Crippen LogP contribution in [0.4, 0.5) is 0 Å². The van der Waals surface area contributed by atoms with Gasteiger partial charge in [-0.05, 0) is 30.3 Å². The minimum Gasteiger partial charge on any atom is -0.493 e. The van der Waals surface area contributed by atoms with Gasteiger partial charge >= 0.3 is 5.97 Å². The number of carbonyl (C=O) groups is 2. The van der Waals surface area contributed by atoms with Crippen LogP contribution in [0.2, 0.25) is 0 Å². The highest BCUT2D eigenvalue weighted by Crippen LogP contribution is 2.33. The zero-order chi connectivity index (χ0) is 20.8. The molecule has 0 aliphatic heterocycles. The van der Waals surface area contributed by atoms with Gasteiger partial charge in [0.15, 0.2) is 18.1 Å². The molecule has 0 spiro atoms. The second-order valence-corrected chi connectivity index (χ2v) is 5.99. The Hall–Kier alpha value is -3.81. The summed E-state index contributed by atoms with van der Waals surface area (Å²) in [5.41, 5.74) is 2.05. The number of ether oxygens (including phenoxy) is 3. The molecule has 29 heavy (non-hydrogen) atoms. The second kappa shape index (κ2) is 8.92. The first-order chi connectivity index (χ1) is 14.1. The molecule has 0 aliphatic rings. The largest absolute Gasteiger partial charge is 0.493 e. The van der Waals surface area contributed by atoms with Gasteiger partial charge in [-0.2, -0.15) is 5.10 Å². The maximum atomic E-state index is 12.7. The van der Waals surface area contributed by atoms with Crippen LogP contribution in [0.5, 0.6) is 11.5 Å². The minimum absolute atomic E-state index is 0.227. The molecule has 3 rings (SSSR count). The van der Waals surface area contributed by atoms with Gasteiger partial charge in [0.1, 0.15) is 11.3 Å². The Kier molecular flexibility index (Phi) is 6.13. The SMILES string of the molecule is CNC(=O)COC(=O)c1cn(-c2ccccc2)nc1-c1ccc(OC)c(OC)c1. The quantitative estimate of drug-likeness (QED) is 0.618. The first kappa shape index (κ1) is 19.9. The van der Waals surface area contributed by atoms with Crippen LogP contribution in [0.15, 0.2) is 54.7 Å². The van der Waals surface area contributed by atoms with E-state index in [0.717, 1.165) is 5.69 Å². The van der Waals surface area contributed by atoms with Crippen molar-refractivity contribution in [2.75, 3.05) is 27.9 Å². The van der Waals surface area contributed by atoms with Gasteiger partial charge in [0.2, 0.25) is 0 Å². The molecule has 150 valence electrons. The number of amides is 1. The standard InChI is InChI=1S/C21H21N3O5/c1-22-19(25)13-29-21(26)16-12-24(15-7-5-4-6-8-15)23-20(16)14-9-10-17(27-2)18(11-14)28-3/h4-12H,13H2,1-3H3,(H,22,25). The van der Waals surface area contributed by atoms with E-state index in [1.807, 2.05) is 30.3 Å². The molecule has 0 unspecified atom stereocenters. The van der Waals surface area contributed by atoms with Crippen LogP contribution in [0.25, 0.3) is 16.9 Å². The predicted molar refractivity (Wildman–Crippen MR) is 106 cm³/mol. The van der Waals surface area contributed by atoms with Crippen LogP contribution >= 0.6 is 0 Å². The summed E-state index contributed by atoms with van der Waals surface area (Å²) >= 11 is 0. The summed E-state index contributed by atoms with van der Waals surface area (Å²) in [4.78, 5) is 24.1. The van der Waals surface area contributed by atoms with E-state index < -0.39 is 11.9 Å². The van der Waals surface area contributed by atoms with Crippen molar-refractivity contribution in [1.29, 1.82) is 0 Å². The van der Waals surface area contributed by atoms with Crippen LogP contribution in [0.1, 0.15) is 10.4 Å². The van der Waals surface area contributed by atoms with Crippen molar-refractivity contribution in [2.24, 2.45) is 0 Å². The molecule has 0 atom stereocenters. The van der Waals surface area contributed by atoms with E-state index >= 15 is 0 Å². The van der Waals surface area contributed by atoms with Crippen molar-refractivity contribution in [3.8, 4) is 28.4 Å². The molecule has 1 N–H and O–H groups in total. The third kappa shape index (κ3) is 4.37. The van der Waals surface area contributed by atoms with Gasteiger partial charge in [0.05, 0.1) is 19.9 Å². The van der Waals surface area contributed by atoms with E-state index in [9.17, 15) is 9.59 Å². The number of esters is 1. The van der Waals surface area contributed by atoms with Gasteiger partial charge in [-0.25, -0.2) is 9.48 Å². The normalized spacial score (nSPS) is 10.3. The molecule has 2 aromatic carbocycles. The number of aromatic nitrogens is 2. The van der Waals surface area contributed by atoms with Gasteiger partial charge in [-0.3, -0.25) is 4.79 Å². The fraction of sp³-hybridized carbons (Fsp3) is 0.190. The van der Waals surface area contributed by atoms with Crippen molar-refractivity contribution >= 4 is 11.9 Å². The Morgan fingerprint density at radius 3 is 2.41 bits per heavy atom. The molecule has 0 fully saturated rings. The van der Waals surface area contributed by atoms with Gasteiger partial charge < -0.3 is 19.5 Å².